The molecule has 0 saturated carbocycles. The Balaban J connectivity index is 1.90. The fourth-order valence-electron chi connectivity index (χ4n) is 2.37. The lowest BCUT2D eigenvalue weighted by atomic mass is 10.1. The van der Waals surface area contributed by atoms with Gasteiger partial charge in [-0.15, -0.1) is 0 Å². The van der Waals surface area contributed by atoms with Crippen LogP contribution in [0.4, 0.5) is 24.5 Å². The van der Waals surface area contributed by atoms with Gasteiger partial charge < -0.3 is 5.32 Å². The molecular weight excluding hydrogens is 393 g/mol. The first-order chi connectivity index (χ1) is 13.3. The molecule has 144 valence electrons. The van der Waals surface area contributed by atoms with Crippen molar-refractivity contribution in [3.8, 4) is 0 Å². The summed E-state index contributed by atoms with van der Waals surface area (Å²) in [5.74, 6) is -3.93. The van der Waals surface area contributed by atoms with Crippen LogP contribution >= 0.6 is 0 Å². The molecule has 0 unspecified atom stereocenters. The number of nitrogens with one attached hydrogen (secondary N) is 2. The van der Waals surface area contributed by atoms with E-state index in [2.05, 4.69) is 10.0 Å². The monoisotopic (exact) mass is 406 g/mol. The smallest absolute Gasteiger partial charge is 0.262 e. The first-order valence-corrected chi connectivity index (χ1v) is 9.39. The molecule has 0 radical (unpaired) electrons. The average Bonchev–Trinajstić information content (AvgIpc) is 2.66. The van der Waals surface area contributed by atoms with Crippen molar-refractivity contribution >= 4 is 27.3 Å². The molecule has 5 nitrogen and oxygen atoms in total. The van der Waals surface area contributed by atoms with Crippen LogP contribution in [0.1, 0.15) is 10.4 Å². The third-order valence-corrected chi connectivity index (χ3v) is 5.10. The van der Waals surface area contributed by atoms with E-state index >= 15 is 0 Å². The summed E-state index contributed by atoms with van der Waals surface area (Å²) in [6.45, 7) is 0. The molecule has 0 aliphatic heterocycles. The van der Waals surface area contributed by atoms with Crippen molar-refractivity contribution in [3.63, 3.8) is 0 Å². The fourth-order valence-corrected chi connectivity index (χ4v) is 3.46. The van der Waals surface area contributed by atoms with E-state index in [1.54, 1.807) is 0 Å². The van der Waals surface area contributed by atoms with Gasteiger partial charge in [-0.3, -0.25) is 9.52 Å². The summed E-state index contributed by atoms with van der Waals surface area (Å²) in [5.41, 5.74) is -0.274. The minimum Gasteiger partial charge on any atom is -0.319 e. The van der Waals surface area contributed by atoms with Crippen LogP contribution in [0.15, 0.2) is 71.6 Å². The average molecular weight is 406 g/mol. The molecule has 3 rings (SSSR count). The van der Waals surface area contributed by atoms with Crippen molar-refractivity contribution in [2.24, 2.45) is 0 Å². The van der Waals surface area contributed by atoms with Crippen molar-refractivity contribution < 1.29 is 26.4 Å². The van der Waals surface area contributed by atoms with E-state index in [4.69, 9.17) is 0 Å². The third kappa shape index (κ3) is 4.15. The van der Waals surface area contributed by atoms with Crippen molar-refractivity contribution in [2.75, 3.05) is 10.0 Å². The Bertz CT molecular complexity index is 1150. The Morgan fingerprint density at radius 2 is 1.39 bits per heavy atom. The summed E-state index contributed by atoms with van der Waals surface area (Å²) in [6.07, 6.45) is 0. The highest BCUT2D eigenvalue weighted by Crippen LogP contribution is 2.23. The van der Waals surface area contributed by atoms with Crippen molar-refractivity contribution in [2.45, 2.75) is 4.90 Å². The van der Waals surface area contributed by atoms with Gasteiger partial charge in [-0.25, -0.2) is 21.6 Å². The van der Waals surface area contributed by atoms with Gasteiger partial charge in [-0.2, -0.15) is 0 Å². The van der Waals surface area contributed by atoms with Gasteiger partial charge in [-0.1, -0.05) is 24.3 Å². The molecule has 0 fully saturated rings. The number of hydrogen-bond donors (Lipinski definition) is 2. The first kappa shape index (κ1) is 19.4. The van der Waals surface area contributed by atoms with Crippen molar-refractivity contribution in [3.05, 3.63) is 89.7 Å². The molecule has 3 aromatic carbocycles. The number of rotatable bonds is 5. The number of sulfonamides is 1. The lowest BCUT2D eigenvalue weighted by molar-refractivity contribution is 0.102. The topological polar surface area (TPSA) is 75.3 Å². The summed E-state index contributed by atoms with van der Waals surface area (Å²) in [4.78, 5) is 12.0. The number of halogens is 3. The van der Waals surface area contributed by atoms with Gasteiger partial charge in [0.05, 0.1) is 21.8 Å². The van der Waals surface area contributed by atoms with Crippen LogP contribution in [0.2, 0.25) is 0 Å². The molecular formula is C19H13F3N2O3S. The molecule has 28 heavy (non-hydrogen) atoms. The number of hydrogen-bond acceptors (Lipinski definition) is 3. The second kappa shape index (κ2) is 7.73. The fraction of sp³-hybridized carbons (Fsp3) is 0. The van der Waals surface area contributed by atoms with E-state index in [-0.39, 0.29) is 16.9 Å². The number of carbonyl (C=O) groups is 1. The standard InChI is InChI=1S/C19H13F3N2O3S/c20-14-10-9-12(11-16(14)22)28(26,27)24-17-7-3-1-5-13(17)19(25)23-18-8-4-2-6-15(18)21/h1-11,24H,(H,23,25). The van der Waals surface area contributed by atoms with E-state index in [9.17, 15) is 26.4 Å². The number of amides is 1. The van der Waals surface area contributed by atoms with Crippen LogP contribution in [0.5, 0.6) is 0 Å². The highest BCUT2D eigenvalue weighted by Gasteiger charge is 2.20. The predicted molar refractivity (Wildman–Crippen MR) is 98.0 cm³/mol. The first-order valence-electron chi connectivity index (χ1n) is 7.91. The maximum absolute atomic E-state index is 13.7. The number of anilines is 2. The summed E-state index contributed by atoms with van der Waals surface area (Å²) >= 11 is 0. The third-order valence-electron chi connectivity index (χ3n) is 3.74. The Morgan fingerprint density at radius 3 is 2.07 bits per heavy atom. The number of carbonyl (C=O) groups excluding carboxylic acids is 1. The summed E-state index contributed by atoms with van der Waals surface area (Å²) in [6, 6.07) is 13.2. The van der Waals surface area contributed by atoms with Crippen molar-refractivity contribution in [1.29, 1.82) is 0 Å². The largest absolute Gasteiger partial charge is 0.319 e. The van der Waals surface area contributed by atoms with Crippen LogP contribution in [0.3, 0.4) is 0 Å². The minimum atomic E-state index is -4.30. The van der Waals surface area contributed by atoms with Gasteiger partial charge in [0.15, 0.2) is 11.6 Å². The second-order valence-corrected chi connectivity index (χ2v) is 7.34. The number of para-hydroxylation sites is 2. The molecule has 2 N–H and O–H groups in total. The number of benzene rings is 3. The highest BCUT2D eigenvalue weighted by molar-refractivity contribution is 7.92. The zero-order chi connectivity index (χ0) is 20.3. The molecule has 9 heteroatoms. The zero-order valence-corrected chi connectivity index (χ0v) is 14.9. The molecule has 0 atom stereocenters. The highest BCUT2D eigenvalue weighted by atomic mass is 32.2. The van der Waals surface area contributed by atoms with E-state index in [0.717, 1.165) is 12.1 Å². The van der Waals surface area contributed by atoms with Gasteiger partial charge in [0, 0.05) is 0 Å². The van der Waals surface area contributed by atoms with Gasteiger partial charge in [0.25, 0.3) is 15.9 Å². The second-order valence-electron chi connectivity index (χ2n) is 5.66. The van der Waals surface area contributed by atoms with Crippen LogP contribution in [-0.2, 0) is 10.0 Å². The Labute approximate surface area is 158 Å². The summed E-state index contributed by atoms with van der Waals surface area (Å²) < 4.78 is 67.2. The molecule has 0 aliphatic rings. The predicted octanol–water partition coefficient (Wildman–Crippen LogP) is 4.16. The van der Waals surface area contributed by atoms with Gasteiger partial charge >= 0.3 is 0 Å². The molecule has 0 bridgehead atoms. The molecule has 0 heterocycles. The lowest BCUT2D eigenvalue weighted by Crippen LogP contribution is -2.19. The van der Waals surface area contributed by atoms with Gasteiger partial charge in [-0.05, 0) is 42.5 Å². The Kier molecular flexibility index (Phi) is 5.36. The van der Waals surface area contributed by atoms with E-state index in [0.29, 0.717) is 12.1 Å². The molecule has 0 saturated heterocycles. The van der Waals surface area contributed by atoms with Crippen LogP contribution in [0, 0.1) is 17.5 Å². The normalized spacial score (nSPS) is 11.1. The maximum atomic E-state index is 13.7. The van der Waals surface area contributed by atoms with Crippen molar-refractivity contribution in [1.82, 2.24) is 0 Å². The summed E-state index contributed by atoms with van der Waals surface area (Å²) in [5, 5.41) is 2.35. The Morgan fingerprint density at radius 1 is 0.750 bits per heavy atom. The SMILES string of the molecule is O=C(Nc1ccccc1F)c1ccccc1NS(=O)(=O)c1ccc(F)c(F)c1. The lowest BCUT2D eigenvalue weighted by Gasteiger charge is -2.13. The summed E-state index contributed by atoms with van der Waals surface area (Å²) in [7, 11) is -4.30. The maximum Gasteiger partial charge on any atom is 0.262 e. The molecule has 1 amide bonds. The van der Waals surface area contributed by atoms with Crippen LogP contribution in [0.25, 0.3) is 0 Å². The van der Waals surface area contributed by atoms with Crippen LogP contribution < -0.4 is 10.0 Å². The quantitative estimate of drug-likeness (QED) is 0.668. The van der Waals surface area contributed by atoms with Gasteiger partial charge in [0.2, 0.25) is 0 Å². The van der Waals surface area contributed by atoms with E-state index in [1.807, 2.05) is 0 Å². The van der Waals surface area contributed by atoms with Crippen LogP contribution in [-0.4, -0.2) is 14.3 Å². The Hall–Kier alpha value is -3.33. The minimum absolute atomic E-state index is 0.0780. The molecule has 0 spiro atoms. The zero-order valence-electron chi connectivity index (χ0n) is 14.1. The molecule has 3 aromatic rings. The molecule has 0 aliphatic carbocycles. The molecule has 0 aromatic heterocycles. The van der Waals surface area contributed by atoms with E-state index < -0.39 is 38.3 Å². The van der Waals surface area contributed by atoms with Gasteiger partial charge in [0.1, 0.15) is 5.82 Å². The van der Waals surface area contributed by atoms with E-state index in [1.165, 1.54) is 42.5 Å².